The first kappa shape index (κ1) is 20.0. The summed E-state index contributed by atoms with van der Waals surface area (Å²) in [5.41, 5.74) is 2.80. The van der Waals surface area contributed by atoms with Crippen molar-refractivity contribution in [2.75, 3.05) is 0 Å². The van der Waals surface area contributed by atoms with Crippen molar-refractivity contribution in [1.29, 1.82) is 0 Å². The van der Waals surface area contributed by atoms with Gasteiger partial charge in [0.05, 0.1) is 6.33 Å². The topological polar surface area (TPSA) is 17.8 Å². The summed E-state index contributed by atoms with van der Waals surface area (Å²) in [6.45, 7) is 3.39. The number of halogens is 2. The maximum atomic E-state index is 6.37. The van der Waals surface area contributed by atoms with E-state index in [1.54, 1.807) is 0 Å². The van der Waals surface area contributed by atoms with Crippen LogP contribution in [0.1, 0.15) is 37.3 Å². The van der Waals surface area contributed by atoms with E-state index >= 15 is 0 Å². The number of imidazole rings is 1. The summed E-state index contributed by atoms with van der Waals surface area (Å²) in [6.07, 6.45) is 11.2. The molecular weight excluding hydrogens is 375 g/mol. The molecule has 0 saturated heterocycles. The van der Waals surface area contributed by atoms with Crippen LogP contribution in [0.3, 0.4) is 0 Å². The average molecular weight is 401 g/mol. The molecule has 0 aliphatic rings. The van der Waals surface area contributed by atoms with Crippen molar-refractivity contribution in [3.05, 3.63) is 88.4 Å². The molecule has 2 aromatic carbocycles. The highest BCUT2D eigenvalue weighted by molar-refractivity contribution is 6.31. The van der Waals surface area contributed by atoms with E-state index in [4.69, 9.17) is 23.2 Å². The molecular formula is C23H26Cl2N2. The van der Waals surface area contributed by atoms with Gasteiger partial charge in [0.15, 0.2) is 0 Å². The Kier molecular flexibility index (Phi) is 6.98. The number of aromatic nitrogens is 2. The summed E-state index contributed by atoms with van der Waals surface area (Å²) in [7, 11) is 0. The monoisotopic (exact) mass is 400 g/mol. The molecule has 0 bridgehead atoms. The van der Waals surface area contributed by atoms with Crippen molar-refractivity contribution >= 4 is 23.2 Å². The predicted molar refractivity (Wildman–Crippen MR) is 114 cm³/mol. The van der Waals surface area contributed by atoms with Crippen molar-refractivity contribution in [3.63, 3.8) is 0 Å². The SMILES string of the molecule is CC(CCc1ccc(Cl)cc1)(CCc1ccccc1Cl)CCn1ccnc1. The van der Waals surface area contributed by atoms with E-state index in [1.807, 2.05) is 43.0 Å². The molecule has 4 heteroatoms. The van der Waals surface area contributed by atoms with E-state index in [9.17, 15) is 0 Å². The van der Waals surface area contributed by atoms with Crippen LogP contribution in [0.5, 0.6) is 0 Å². The molecule has 0 aliphatic carbocycles. The summed E-state index contributed by atoms with van der Waals surface area (Å²) in [5.74, 6) is 0. The van der Waals surface area contributed by atoms with Gasteiger partial charge in [0.25, 0.3) is 0 Å². The maximum absolute atomic E-state index is 6.37. The Bertz CT molecular complexity index is 828. The van der Waals surface area contributed by atoms with E-state index < -0.39 is 0 Å². The number of rotatable bonds is 9. The normalized spacial score (nSPS) is 13.4. The lowest BCUT2D eigenvalue weighted by Crippen LogP contribution is -2.21. The van der Waals surface area contributed by atoms with E-state index in [0.29, 0.717) is 0 Å². The van der Waals surface area contributed by atoms with Crippen LogP contribution < -0.4 is 0 Å². The molecule has 142 valence electrons. The second kappa shape index (κ2) is 9.43. The minimum absolute atomic E-state index is 0.225. The summed E-state index contributed by atoms with van der Waals surface area (Å²) < 4.78 is 2.16. The smallest absolute Gasteiger partial charge is 0.0945 e. The largest absolute Gasteiger partial charge is 0.337 e. The molecule has 3 rings (SSSR count). The molecule has 0 saturated carbocycles. The fourth-order valence-electron chi connectivity index (χ4n) is 3.43. The van der Waals surface area contributed by atoms with Crippen LogP contribution in [0.2, 0.25) is 10.0 Å². The van der Waals surface area contributed by atoms with Crippen LogP contribution in [0.25, 0.3) is 0 Å². The average Bonchev–Trinajstić information content (AvgIpc) is 3.19. The number of hydrogen-bond donors (Lipinski definition) is 0. The molecule has 3 aromatic rings. The summed E-state index contributed by atoms with van der Waals surface area (Å²) in [6, 6.07) is 16.4. The third-order valence-electron chi connectivity index (χ3n) is 5.42. The van der Waals surface area contributed by atoms with Gasteiger partial charge in [0.2, 0.25) is 0 Å². The van der Waals surface area contributed by atoms with E-state index in [-0.39, 0.29) is 5.41 Å². The standard InChI is InChI=1S/C23H26Cl2N2/c1-23(14-16-27-17-15-26-18-27,12-10-19-6-8-21(24)9-7-19)13-11-20-4-2-3-5-22(20)25/h2-9,15,17-18H,10-14,16H2,1H3. The first-order valence-electron chi connectivity index (χ1n) is 9.48. The quantitative estimate of drug-likeness (QED) is 0.383. The summed E-state index contributed by atoms with van der Waals surface area (Å²) in [4.78, 5) is 4.16. The Balaban J connectivity index is 1.66. The number of hydrogen-bond acceptors (Lipinski definition) is 1. The Morgan fingerprint density at radius 3 is 2.37 bits per heavy atom. The van der Waals surface area contributed by atoms with Crippen molar-refractivity contribution < 1.29 is 0 Å². The Morgan fingerprint density at radius 2 is 1.67 bits per heavy atom. The van der Waals surface area contributed by atoms with Gasteiger partial charge in [-0.3, -0.25) is 0 Å². The third kappa shape index (κ3) is 6.12. The van der Waals surface area contributed by atoms with Crippen molar-refractivity contribution in [2.24, 2.45) is 5.41 Å². The fourth-order valence-corrected chi connectivity index (χ4v) is 3.78. The molecule has 0 fully saturated rings. The number of aryl methyl sites for hydroxylation is 3. The molecule has 1 unspecified atom stereocenters. The maximum Gasteiger partial charge on any atom is 0.0945 e. The van der Waals surface area contributed by atoms with Gasteiger partial charge in [-0.1, -0.05) is 60.5 Å². The molecule has 1 aromatic heterocycles. The minimum Gasteiger partial charge on any atom is -0.337 e. The Hall–Kier alpha value is -1.77. The minimum atomic E-state index is 0.225. The van der Waals surface area contributed by atoms with Gasteiger partial charge in [-0.25, -0.2) is 4.98 Å². The first-order valence-corrected chi connectivity index (χ1v) is 10.2. The molecule has 0 radical (unpaired) electrons. The Morgan fingerprint density at radius 1 is 0.926 bits per heavy atom. The molecule has 0 amide bonds. The predicted octanol–water partition coefficient (Wildman–Crippen LogP) is 6.85. The zero-order chi connectivity index (χ0) is 19.1. The summed E-state index contributed by atoms with van der Waals surface area (Å²) in [5, 5.41) is 1.66. The Labute approximate surface area is 172 Å². The second-order valence-corrected chi connectivity index (χ2v) is 8.42. The van der Waals surface area contributed by atoms with E-state index in [2.05, 4.69) is 40.7 Å². The van der Waals surface area contributed by atoms with Gasteiger partial charge in [-0.05, 0) is 66.8 Å². The molecule has 0 spiro atoms. The lowest BCUT2D eigenvalue weighted by Gasteiger charge is -2.30. The van der Waals surface area contributed by atoms with Crippen LogP contribution in [-0.2, 0) is 19.4 Å². The molecule has 1 atom stereocenters. The lowest BCUT2D eigenvalue weighted by molar-refractivity contribution is 0.236. The van der Waals surface area contributed by atoms with Crippen LogP contribution in [0.15, 0.2) is 67.3 Å². The molecule has 1 heterocycles. The summed E-state index contributed by atoms with van der Waals surface area (Å²) >= 11 is 12.4. The molecule has 0 N–H and O–H groups in total. The van der Waals surface area contributed by atoms with Crippen molar-refractivity contribution in [3.8, 4) is 0 Å². The number of nitrogens with zero attached hydrogens (tertiary/aromatic N) is 2. The first-order chi connectivity index (χ1) is 13.0. The zero-order valence-electron chi connectivity index (χ0n) is 15.7. The fraction of sp³-hybridized carbons (Fsp3) is 0.348. The van der Waals surface area contributed by atoms with Gasteiger partial charge < -0.3 is 4.57 Å². The van der Waals surface area contributed by atoms with Gasteiger partial charge >= 0.3 is 0 Å². The van der Waals surface area contributed by atoms with Crippen molar-refractivity contribution in [1.82, 2.24) is 9.55 Å². The van der Waals surface area contributed by atoms with Crippen LogP contribution in [-0.4, -0.2) is 9.55 Å². The lowest BCUT2D eigenvalue weighted by atomic mass is 9.76. The van der Waals surface area contributed by atoms with Crippen LogP contribution in [0, 0.1) is 5.41 Å². The van der Waals surface area contributed by atoms with Crippen molar-refractivity contribution in [2.45, 2.75) is 45.6 Å². The van der Waals surface area contributed by atoms with Crippen LogP contribution in [0.4, 0.5) is 0 Å². The molecule has 27 heavy (non-hydrogen) atoms. The second-order valence-electron chi connectivity index (χ2n) is 7.58. The highest BCUT2D eigenvalue weighted by Crippen LogP contribution is 2.35. The van der Waals surface area contributed by atoms with Gasteiger partial charge in [0.1, 0.15) is 0 Å². The van der Waals surface area contributed by atoms with E-state index in [0.717, 1.165) is 48.7 Å². The van der Waals surface area contributed by atoms with Gasteiger partial charge in [-0.15, -0.1) is 0 Å². The van der Waals surface area contributed by atoms with Crippen LogP contribution >= 0.6 is 23.2 Å². The molecule has 0 aliphatic heterocycles. The third-order valence-corrected chi connectivity index (χ3v) is 6.04. The number of benzene rings is 2. The highest BCUT2D eigenvalue weighted by Gasteiger charge is 2.24. The molecule has 2 nitrogen and oxygen atoms in total. The van der Waals surface area contributed by atoms with Gasteiger partial charge in [-0.2, -0.15) is 0 Å². The zero-order valence-corrected chi connectivity index (χ0v) is 17.3. The van der Waals surface area contributed by atoms with Gasteiger partial charge in [0, 0.05) is 29.0 Å². The van der Waals surface area contributed by atoms with E-state index in [1.165, 1.54) is 11.1 Å². The highest BCUT2D eigenvalue weighted by atomic mass is 35.5.